The van der Waals surface area contributed by atoms with Crippen molar-refractivity contribution < 1.29 is 28.7 Å². The van der Waals surface area contributed by atoms with Crippen molar-refractivity contribution in [2.24, 2.45) is 0 Å². The third-order valence-electron chi connectivity index (χ3n) is 3.98. The Bertz CT molecular complexity index is 923. The zero-order valence-electron chi connectivity index (χ0n) is 17.9. The van der Waals surface area contributed by atoms with Crippen LogP contribution in [0.2, 0.25) is 0 Å². The summed E-state index contributed by atoms with van der Waals surface area (Å²) in [7, 11) is 0. The second-order valence-corrected chi connectivity index (χ2v) is 7.78. The monoisotopic (exact) mass is 430 g/mol. The average molecular weight is 430 g/mol. The molecule has 2 aromatic carbocycles. The average Bonchev–Trinajstić information content (AvgIpc) is 2.69. The first-order valence-corrected chi connectivity index (χ1v) is 9.63. The fourth-order valence-corrected chi connectivity index (χ4v) is 2.58. The summed E-state index contributed by atoms with van der Waals surface area (Å²) in [4.78, 5) is 35.5. The molecule has 0 bridgehead atoms. The first kappa shape index (κ1) is 23.7. The van der Waals surface area contributed by atoms with Crippen LogP contribution in [0, 0.1) is 17.0 Å². The van der Waals surface area contributed by atoms with Crippen LogP contribution < -0.4 is 10.1 Å². The Labute approximate surface area is 180 Å². The van der Waals surface area contributed by atoms with Gasteiger partial charge in [-0.2, -0.15) is 0 Å². The first-order valence-electron chi connectivity index (χ1n) is 9.63. The van der Waals surface area contributed by atoms with Crippen molar-refractivity contribution in [3.8, 4) is 5.75 Å². The Hall–Kier alpha value is -3.62. The van der Waals surface area contributed by atoms with Crippen molar-refractivity contribution in [2.75, 3.05) is 6.61 Å². The van der Waals surface area contributed by atoms with E-state index in [0.717, 1.165) is 5.56 Å². The highest BCUT2D eigenvalue weighted by atomic mass is 16.6. The number of rotatable bonds is 8. The minimum atomic E-state index is -1.24. The minimum absolute atomic E-state index is 0.00329. The fraction of sp³-hybridized carbons (Fsp3) is 0.364. The highest BCUT2D eigenvalue weighted by molar-refractivity contribution is 5.81. The standard InChI is InChI=1S/C22H26N2O7/c1-15-9-8-12-18(24(27)28)19(15)29-14-17(23-21(26)31-22(2,3)4)20(25)30-13-16-10-6-5-7-11-16/h5-12,17H,13-14H2,1-4H3,(H,23,26). The van der Waals surface area contributed by atoms with E-state index in [4.69, 9.17) is 14.2 Å². The van der Waals surface area contributed by atoms with Crippen molar-refractivity contribution >= 4 is 17.7 Å². The molecule has 166 valence electrons. The Morgan fingerprint density at radius 1 is 1.10 bits per heavy atom. The van der Waals surface area contributed by atoms with Crippen LogP contribution in [-0.2, 0) is 20.9 Å². The number of hydrogen-bond donors (Lipinski definition) is 1. The first-order chi connectivity index (χ1) is 14.6. The van der Waals surface area contributed by atoms with Crippen molar-refractivity contribution in [1.29, 1.82) is 0 Å². The number of ether oxygens (including phenoxy) is 3. The van der Waals surface area contributed by atoms with Crippen LogP contribution in [0.1, 0.15) is 31.9 Å². The summed E-state index contributed by atoms with van der Waals surface area (Å²) in [6.07, 6.45) is -0.836. The molecule has 0 aliphatic heterocycles. The molecule has 0 spiro atoms. The van der Waals surface area contributed by atoms with Gasteiger partial charge in [-0.15, -0.1) is 0 Å². The predicted octanol–water partition coefficient (Wildman–Crippen LogP) is 3.92. The number of hydrogen-bond acceptors (Lipinski definition) is 7. The van der Waals surface area contributed by atoms with Gasteiger partial charge in [-0.05, 0) is 38.8 Å². The molecule has 0 aromatic heterocycles. The van der Waals surface area contributed by atoms with E-state index in [1.54, 1.807) is 58.0 Å². The smallest absolute Gasteiger partial charge is 0.408 e. The van der Waals surface area contributed by atoms with Crippen LogP contribution in [0.25, 0.3) is 0 Å². The van der Waals surface area contributed by atoms with Crippen molar-refractivity contribution in [2.45, 2.75) is 45.9 Å². The van der Waals surface area contributed by atoms with E-state index in [2.05, 4.69) is 5.32 Å². The maximum atomic E-state index is 12.6. The molecule has 0 saturated heterocycles. The molecule has 1 N–H and O–H groups in total. The highest BCUT2D eigenvalue weighted by Crippen LogP contribution is 2.30. The molecule has 0 aliphatic carbocycles. The third kappa shape index (κ3) is 7.61. The molecule has 0 heterocycles. The van der Waals surface area contributed by atoms with Crippen LogP contribution >= 0.6 is 0 Å². The van der Waals surface area contributed by atoms with Gasteiger partial charge in [0.2, 0.25) is 0 Å². The van der Waals surface area contributed by atoms with Gasteiger partial charge < -0.3 is 19.5 Å². The molecule has 0 saturated carbocycles. The van der Waals surface area contributed by atoms with E-state index >= 15 is 0 Å². The van der Waals surface area contributed by atoms with E-state index in [1.807, 2.05) is 6.07 Å². The highest BCUT2D eigenvalue weighted by Gasteiger charge is 2.28. The number of para-hydroxylation sites is 1. The van der Waals surface area contributed by atoms with Crippen LogP contribution in [0.5, 0.6) is 5.75 Å². The summed E-state index contributed by atoms with van der Waals surface area (Å²) in [6, 6.07) is 12.3. The summed E-state index contributed by atoms with van der Waals surface area (Å²) in [5.41, 5.74) is 0.261. The Morgan fingerprint density at radius 3 is 2.39 bits per heavy atom. The summed E-state index contributed by atoms with van der Waals surface area (Å²) in [5.74, 6) is -0.745. The lowest BCUT2D eigenvalue weighted by Crippen LogP contribution is -2.47. The van der Waals surface area contributed by atoms with Gasteiger partial charge in [-0.3, -0.25) is 10.1 Å². The molecule has 1 amide bonds. The van der Waals surface area contributed by atoms with Gasteiger partial charge in [-0.1, -0.05) is 42.5 Å². The number of carbonyl (C=O) groups excluding carboxylic acids is 2. The molecule has 1 unspecified atom stereocenters. The van der Waals surface area contributed by atoms with Gasteiger partial charge in [0.1, 0.15) is 18.8 Å². The number of nitro benzene ring substituents is 1. The lowest BCUT2D eigenvalue weighted by atomic mass is 10.2. The van der Waals surface area contributed by atoms with Crippen LogP contribution in [0.3, 0.4) is 0 Å². The van der Waals surface area contributed by atoms with Gasteiger partial charge >= 0.3 is 17.7 Å². The molecule has 2 aromatic rings. The number of alkyl carbamates (subject to hydrolysis) is 1. The zero-order valence-corrected chi connectivity index (χ0v) is 17.9. The van der Waals surface area contributed by atoms with Crippen LogP contribution in [0.15, 0.2) is 48.5 Å². The van der Waals surface area contributed by atoms with Gasteiger partial charge in [0.25, 0.3) is 0 Å². The van der Waals surface area contributed by atoms with Gasteiger partial charge in [0.15, 0.2) is 11.8 Å². The zero-order chi connectivity index (χ0) is 23.0. The van der Waals surface area contributed by atoms with Crippen LogP contribution in [-0.4, -0.2) is 35.2 Å². The summed E-state index contributed by atoms with van der Waals surface area (Å²) in [5, 5.41) is 13.7. The van der Waals surface area contributed by atoms with Gasteiger partial charge in [0.05, 0.1) is 4.92 Å². The van der Waals surface area contributed by atoms with E-state index in [1.165, 1.54) is 12.1 Å². The minimum Gasteiger partial charge on any atom is -0.484 e. The largest absolute Gasteiger partial charge is 0.484 e. The Kier molecular flexibility index (Phi) is 7.95. The number of nitrogens with zero attached hydrogens (tertiary/aromatic N) is 1. The molecule has 0 aliphatic rings. The fourth-order valence-electron chi connectivity index (χ4n) is 2.58. The summed E-state index contributed by atoms with van der Waals surface area (Å²) >= 11 is 0. The molecule has 31 heavy (non-hydrogen) atoms. The number of aryl methyl sites for hydroxylation is 1. The molecule has 9 nitrogen and oxygen atoms in total. The van der Waals surface area contributed by atoms with Gasteiger partial charge in [-0.25, -0.2) is 9.59 Å². The number of nitro groups is 1. The number of esters is 1. The number of amides is 1. The molecule has 0 fully saturated rings. The van der Waals surface area contributed by atoms with Crippen molar-refractivity contribution in [3.05, 3.63) is 69.8 Å². The SMILES string of the molecule is Cc1cccc([N+](=O)[O-])c1OCC(NC(=O)OC(C)(C)C)C(=O)OCc1ccccc1. The molecule has 1 atom stereocenters. The number of carbonyl (C=O) groups is 2. The van der Waals surface area contributed by atoms with E-state index in [-0.39, 0.29) is 24.7 Å². The lowest BCUT2D eigenvalue weighted by Gasteiger charge is -2.23. The number of benzene rings is 2. The molecule has 0 radical (unpaired) electrons. The van der Waals surface area contributed by atoms with E-state index in [9.17, 15) is 19.7 Å². The quantitative estimate of drug-likeness (QED) is 0.383. The van der Waals surface area contributed by atoms with Crippen LogP contribution in [0.4, 0.5) is 10.5 Å². The molecule has 2 rings (SSSR count). The molecule has 9 heteroatoms. The predicted molar refractivity (Wildman–Crippen MR) is 113 cm³/mol. The van der Waals surface area contributed by atoms with E-state index in [0.29, 0.717) is 5.56 Å². The van der Waals surface area contributed by atoms with E-state index < -0.39 is 28.6 Å². The van der Waals surface area contributed by atoms with Crippen molar-refractivity contribution in [3.63, 3.8) is 0 Å². The van der Waals surface area contributed by atoms with Crippen molar-refractivity contribution in [1.82, 2.24) is 5.32 Å². The third-order valence-corrected chi connectivity index (χ3v) is 3.98. The number of nitrogens with one attached hydrogen (secondary N) is 1. The maximum Gasteiger partial charge on any atom is 0.408 e. The lowest BCUT2D eigenvalue weighted by molar-refractivity contribution is -0.385. The Balaban J connectivity index is 2.14. The Morgan fingerprint density at radius 2 is 1.77 bits per heavy atom. The second-order valence-electron chi connectivity index (χ2n) is 7.78. The summed E-state index contributed by atoms with van der Waals surface area (Å²) in [6.45, 7) is 6.31. The second kappa shape index (κ2) is 10.4. The normalized spacial score (nSPS) is 11.9. The molecular formula is C22H26N2O7. The molecular weight excluding hydrogens is 404 g/mol. The maximum absolute atomic E-state index is 12.6. The summed E-state index contributed by atoms with van der Waals surface area (Å²) < 4.78 is 16.1. The topological polar surface area (TPSA) is 117 Å². The van der Waals surface area contributed by atoms with Gasteiger partial charge in [0, 0.05) is 6.07 Å².